The molecule has 34 heavy (non-hydrogen) atoms. The van der Waals surface area contributed by atoms with Crippen molar-refractivity contribution in [1.82, 2.24) is 4.98 Å². The van der Waals surface area contributed by atoms with E-state index in [0.29, 0.717) is 40.2 Å². The lowest BCUT2D eigenvalue weighted by Gasteiger charge is -2.50. The first kappa shape index (κ1) is 23.6. The van der Waals surface area contributed by atoms with Gasteiger partial charge in [-0.2, -0.15) is 0 Å². The molecule has 1 aromatic carbocycles. The number of thiazole rings is 1. The molecular weight excluding hydrogens is 470 g/mol. The predicted molar refractivity (Wildman–Crippen MR) is 136 cm³/mol. The number of anilines is 1. The minimum atomic E-state index is -0.0110. The summed E-state index contributed by atoms with van der Waals surface area (Å²) >= 11 is 7.83. The summed E-state index contributed by atoms with van der Waals surface area (Å²) in [5.74, 6) is 1.95. The molecule has 8 heteroatoms. The maximum Gasteiger partial charge on any atom is 0.226 e. The van der Waals surface area contributed by atoms with Crippen LogP contribution in [0.15, 0.2) is 23.5 Å². The summed E-state index contributed by atoms with van der Waals surface area (Å²) in [7, 11) is 1.62. The number of carbonyl (C=O) groups is 1. The number of fused-ring (bicyclic) bond motifs is 5. The van der Waals surface area contributed by atoms with E-state index in [0.717, 1.165) is 49.1 Å². The van der Waals surface area contributed by atoms with E-state index in [1.165, 1.54) is 22.5 Å². The second-order valence-corrected chi connectivity index (χ2v) is 12.0. The van der Waals surface area contributed by atoms with Gasteiger partial charge in [0.25, 0.3) is 0 Å². The van der Waals surface area contributed by atoms with Gasteiger partial charge in [0.15, 0.2) is 5.13 Å². The van der Waals surface area contributed by atoms with Crippen LogP contribution in [0.3, 0.4) is 0 Å². The van der Waals surface area contributed by atoms with Crippen LogP contribution in [0.25, 0.3) is 0 Å². The average Bonchev–Trinajstić information content (AvgIpc) is 3.33. The molecule has 182 valence electrons. The van der Waals surface area contributed by atoms with Crippen LogP contribution in [0.5, 0.6) is 5.75 Å². The van der Waals surface area contributed by atoms with Crippen LogP contribution in [0.1, 0.15) is 67.4 Å². The maximum absolute atomic E-state index is 12.7. The Morgan fingerprint density at radius 2 is 2.24 bits per heavy atom. The summed E-state index contributed by atoms with van der Waals surface area (Å²) in [6.07, 6.45) is 8.11. The van der Waals surface area contributed by atoms with Gasteiger partial charge >= 0.3 is 0 Å². The molecule has 2 saturated carbocycles. The van der Waals surface area contributed by atoms with Gasteiger partial charge in [-0.05, 0) is 92.4 Å². The van der Waals surface area contributed by atoms with Crippen LogP contribution < -0.4 is 5.32 Å². The number of rotatable bonds is 5. The van der Waals surface area contributed by atoms with E-state index in [1.54, 1.807) is 13.3 Å². The first-order valence-electron chi connectivity index (χ1n) is 12.1. The van der Waals surface area contributed by atoms with E-state index in [9.17, 15) is 9.90 Å². The van der Waals surface area contributed by atoms with Crippen LogP contribution in [0.2, 0.25) is 5.02 Å². The molecule has 0 saturated heterocycles. The van der Waals surface area contributed by atoms with Gasteiger partial charge in [0, 0.05) is 22.9 Å². The van der Waals surface area contributed by atoms with E-state index in [1.807, 2.05) is 19.1 Å². The lowest BCUT2D eigenvalue weighted by Crippen LogP contribution is -2.44. The highest BCUT2D eigenvalue weighted by Gasteiger charge is 2.57. The van der Waals surface area contributed by atoms with Crippen LogP contribution in [0.4, 0.5) is 5.13 Å². The molecule has 0 radical (unpaired) electrons. The van der Waals surface area contributed by atoms with E-state index in [2.05, 4.69) is 22.4 Å². The molecule has 1 amide bonds. The van der Waals surface area contributed by atoms with Crippen molar-refractivity contribution >= 4 is 39.7 Å². The second-order valence-electron chi connectivity index (χ2n) is 10.3. The van der Waals surface area contributed by atoms with Crippen molar-refractivity contribution in [1.29, 1.82) is 0 Å². The molecule has 0 spiro atoms. The Morgan fingerprint density at radius 3 is 2.97 bits per heavy atom. The number of phenols is 1. The van der Waals surface area contributed by atoms with E-state index in [4.69, 9.17) is 16.4 Å². The fraction of sp³-hybridized carbons (Fsp3) is 0.577. The third kappa shape index (κ3) is 4.11. The van der Waals surface area contributed by atoms with Gasteiger partial charge in [-0.3, -0.25) is 4.79 Å². The van der Waals surface area contributed by atoms with Crippen molar-refractivity contribution in [3.8, 4) is 5.75 Å². The normalized spacial score (nSPS) is 31.0. The third-order valence-electron chi connectivity index (χ3n) is 8.48. The number of halogens is 1. The summed E-state index contributed by atoms with van der Waals surface area (Å²) in [6.45, 7) is 4.34. The highest BCUT2D eigenvalue weighted by Crippen LogP contribution is 2.62. The third-order valence-corrected chi connectivity index (χ3v) is 9.61. The number of nitrogens with one attached hydrogen (secondary N) is 1. The number of phenolic OH excluding ortho intramolecular Hbond substituents is 1. The number of nitrogens with zero attached hydrogens (tertiary/aromatic N) is 2. The number of amides is 1. The number of oxime groups is 1. The zero-order valence-electron chi connectivity index (χ0n) is 19.9. The zero-order chi connectivity index (χ0) is 24.0. The quantitative estimate of drug-likeness (QED) is 0.470. The molecule has 2 aromatic rings. The molecule has 0 aliphatic heterocycles. The van der Waals surface area contributed by atoms with Crippen molar-refractivity contribution < 1.29 is 14.7 Å². The smallest absolute Gasteiger partial charge is 0.226 e. The van der Waals surface area contributed by atoms with Crippen molar-refractivity contribution in [3.63, 3.8) is 0 Å². The average molecular weight is 502 g/mol. The molecule has 1 heterocycles. The van der Waals surface area contributed by atoms with Crippen molar-refractivity contribution in [2.45, 2.75) is 64.7 Å². The van der Waals surface area contributed by atoms with Crippen molar-refractivity contribution in [2.24, 2.45) is 28.3 Å². The first-order valence-corrected chi connectivity index (χ1v) is 13.3. The summed E-state index contributed by atoms with van der Waals surface area (Å²) < 4.78 is 0. The number of hydrogen-bond acceptors (Lipinski definition) is 6. The number of aryl methyl sites for hydroxylation is 2. The fourth-order valence-corrected chi connectivity index (χ4v) is 7.94. The minimum absolute atomic E-state index is 0.0110. The van der Waals surface area contributed by atoms with Gasteiger partial charge in [-0.25, -0.2) is 4.98 Å². The number of aromatic nitrogens is 1. The van der Waals surface area contributed by atoms with Gasteiger partial charge in [-0.1, -0.05) is 23.7 Å². The molecule has 2 N–H and O–H groups in total. The standard InChI is InChI=1S/C26H32ClN3O3S/c1-14-13-28-25(34-14)29-23(32)7-5-16-11-22(30-33-3)26(2)9-8-17-18(24(16)26)6-4-15-10-21(31)20(27)12-19(15)17/h10,12-13,16-18,24,31H,4-9,11H2,1-3H3,(H,28,29,32)/b30-22+. The van der Waals surface area contributed by atoms with Crippen LogP contribution >= 0.6 is 22.9 Å². The first-order chi connectivity index (χ1) is 16.3. The predicted octanol–water partition coefficient (Wildman–Crippen LogP) is 6.31. The molecule has 5 unspecified atom stereocenters. The van der Waals surface area contributed by atoms with E-state index >= 15 is 0 Å². The molecule has 2 fully saturated rings. The topological polar surface area (TPSA) is 83.8 Å². The van der Waals surface area contributed by atoms with Gasteiger partial charge in [0.2, 0.25) is 5.91 Å². The Hall–Kier alpha value is -2.12. The van der Waals surface area contributed by atoms with Crippen LogP contribution in [-0.4, -0.2) is 28.8 Å². The lowest BCUT2D eigenvalue weighted by atomic mass is 9.54. The number of aromatic hydroxyl groups is 1. The van der Waals surface area contributed by atoms with Crippen molar-refractivity contribution in [2.75, 3.05) is 12.4 Å². The Labute approximate surface area is 209 Å². The molecule has 5 rings (SSSR count). The molecule has 3 aliphatic rings. The van der Waals surface area contributed by atoms with E-state index < -0.39 is 0 Å². The second kappa shape index (κ2) is 9.15. The van der Waals surface area contributed by atoms with Gasteiger partial charge < -0.3 is 15.3 Å². The molecule has 3 aliphatic carbocycles. The Balaban J connectivity index is 1.39. The SMILES string of the molecule is CO/N=C1\CC(CCC(=O)Nc2ncc(C)s2)C2C3CCc4cc(O)c(Cl)cc4C3CCC12C. The fourth-order valence-electron chi connectivity index (χ4n) is 7.09. The van der Waals surface area contributed by atoms with Crippen LogP contribution in [0, 0.1) is 30.1 Å². The summed E-state index contributed by atoms with van der Waals surface area (Å²) in [4.78, 5) is 23.3. The molecule has 0 bridgehead atoms. The Morgan fingerprint density at radius 1 is 1.41 bits per heavy atom. The minimum Gasteiger partial charge on any atom is -0.506 e. The molecule has 6 nitrogen and oxygen atoms in total. The summed E-state index contributed by atoms with van der Waals surface area (Å²) in [5, 5.41) is 18.7. The van der Waals surface area contributed by atoms with Gasteiger partial charge in [0.1, 0.15) is 12.9 Å². The lowest BCUT2D eigenvalue weighted by molar-refractivity contribution is -0.116. The largest absolute Gasteiger partial charge is 0.506 e. The Bertz CT molecular complexity index is 1130. The number of carbonyl (C=O) groups excluding carboxylic acids is 1. The van der Waals surface area contributed by atoms with Crippen molar-refractivity contribution in [3.05, 3.63) is 39.4 Å². The maximum atomic E-state index is 12.7. The highest BCUT2D eigenvalue weighted by molar-refractivity contribution is 7.15. The van der Waals surface area contributed by atoms with Gasteiger partial charge in [-0.15, -0.1) is 11.3 Å². The zero-order valence-corrected chi connectivity index (χ0v) is 21.5. The number of hydrogen-bond donors (Lipinski definition) is 2. The molecular formula is C26H32ClN3O3S. The number of benzene rings is 1. The van der Waals surface area contributed by atoms with Gasteiger partial charge in [0.05, 0.1) is 10.7 Å². The monoisotopic (exact) mass is 501 g/mol. The molecule has 5 atom stereocenters. The van der Waals surface area contributed by atoms with E-state index in [-0.39, 0.29) is 17.1 Å². The molecule has 1 aromatic heterocycles. The van der Waals surface area contributed by atoms with Crippen LogP contribution in [-0.2, 0) is 16.1 Å². The summed E-state index contributed by atoms with van der Waals surface area (Å²) in [5.41, 5.74) is 3.66. The Kier molecular flexibility index (Phi) is 6.36. The summed E-state index contributed by atoms with van der Waals surface area (Å²) in [6, 6.07) is 3.85. The highest BCUT2D eigenvalue weighted by atomic mass is 35.5.